The average Bonchev–Trinajstić information content (AvgIpc) is 2.93. The van der Waals surface area contributed by atoms with Gasteiger partial charge in [0.1, 0.15) is 10.7 Å². The number of carbonyl (C=O) groups is 1. The zero-order chi connectivity index (χ0) is 20.2. The Morgan fingerprint density at radius 3 is 2.59 bits per heavy atom. The van der Waals surface area contributed by atoms with Crippen LogP contribution in [0, 0.1) is 6.92 Å². The Hall–Kier alpha value is -1.73. The Bertz CT molecular complexity index is 925. The van der Waals surface area contributed by atoms with Gasteiger partial charge in [0.15, 0.2) is 0 Å². The Morgan fingerprint density at radius 2 is 1.79 bits per heavy atom. The molecule has 1 N–H and O–H groups in total. The Labute approximate surface area is 176 Å². The highest BCUT2D eigenvalue weighted by Crippen LogP contribution is 2.28. The summed E-state index contributed by atoms with van der Waals surface area (Å²) in [4.78, 5) is 34.5. The van der Waals surface area contributed by atoms with Crippen molar-refractivity contribution in [3.8, 4) is 0 Å². The minimum atomic E-state index is -0.0686. The summed E-state index contributed by atoms with van der Waals surface area (Å²) < 4.78 is 1.83. The van der Waals surface area contributed by atoms with Crippen molar-refractivity contribution >= 4 is 27.5 Å². The smallest absolute Gasteiger partial charge is 0.262 e. The summed E-state index contributed by atoms with van der Waals surface area (Å²) in [5.74, 6) is 0.812. The molecule has 1 saturated heterocycles. The van der Waals surface area contributed by atoms with E-state index in [0.29, 0.717) is 16.8 Å². The van der Waals surface area contributed by atoms with E-state index in [9.17, 15) is 9.59 Å². The van der Waals surface area contributed by atoms with Gasteiger partial charge in [0, 0.05) is 19.5 Å². The fourth-order valence-corrected chi connectivity index (χ4v) is 5.68. The van der Waals surface area contributed by atoms with Crippen LogP contribution in [0.2, 0.25) is 0 Å². The first-order valence-electron chi connectivity index (χ1n) is 11.2. The number of nitrogens with zero attached hydrogens (tertiary/aromatic N) is 3. The minimum Gasteiger partial charge on any atom is -0.351 e. The molecule has 0 atom stereocenters. The number of aryl methyl sites for hydroxylation is 2. The molecule has 1 fully saturated rings. The molecule has 2 aliphatic rings. The lowest BCUT2D eigenvalue weighted by Gasteiger charge is -2.19. The third-order valence-corrected chi connectivity index (χ3v) is 7.44. The number of hydrogen-bond donors (Lipinski definition) is 1. The lowest BCUT2D eigenvalue weighted by atomic mass is 10.2. The van der Waals surface area contributed by atoms with E-state index in [1.54, 1.807) is 0 Å². The number of amides is 1. The molecule has 0 saturated carbocycles. The Morgan fingerprint density at radius 1 is 1.07 bits per heavy atom. The van der Waals surface area contributed by atoms with E-state index in [-0.39, 0.29) is 11.5 Å². The number of hydrogen-bond acceptors (Lipinski definition) is 5. The predicted octanol–water partition coefficient (Wildman–Crippen LogP) is 3.49. The lowest BCUT2D eigenvalue weighted by molar-refractivity contribution is 0.0955. The highest BCUT2D eigenvalue weighted by Gasteiger charge is 2.22. The molecule has 4 rings (SSSR count). The van der Waals surface area contributed by atoms with Gasteiger partial charge in [-0.05, 0) is 64.2 Å². The van der Waals surface area contributed by atoms with E-state index in [2.05, 4.69) is 10.2 Å². The fourth-order valence-electron chi connectivity index (χ4n) is 4.57. The Balaban J connectivity index is 1.43. The molecule has 6 nitrogen and oxygen atoms in total. The van der Waals surface area contributed by atoms with E-state index in [0.717, 1.165) is 61.4 Å². The number of fused-ring (bicyclic) bond motifs is 2. The maximum Gasteiger partial charge on any atom is 0.262 e. The van der Waals surface area contributed by atoms with Crippen molar-refractivity contribution in [1.82, 2.24) is 19.8 Å². The van der Waals surface area contributed by atoms with E-state index in [4.69, 9.17) is 4.98 Å². The first-order chi connectivity index (χ1) is 14.1. The summed E-state index contributed by atoms with van der Waals surface area (Å²) in [5, 5.41) is 3.70. The zero-order valence-electron chi connectivity index (χ0n) is 17.5. The number of nitrogens with one attached hydrogen (secondary N) is 1. The number of thiophene rings is 1. The van der Waals surface area contributed by atoms with Crippen molar-refractivity contribution in [2.75, 3.05) is 26.2 Å². The molecule has 158 valence electrons. The molecule has 7 heteroatoms. The maximum absolute atomic E-state index is 13.0. The van der Waals surface area contributed by atoms with Crippen LogP contribution in [-0.4, -0.2) is 46.5 Å². The van der Waals surface area contributed by atoms with Crippen molar-refractivity contribution in [2.24, 2.45) is 0 Å². The third kappa shape index (κ3) is 4.56. The van der Waals surface area contributed by atoms with Crippen LogP contribution in [0.3, 0.4) is 0 Å². The minimum absolute atomic E-state index is 0.0286. The topological polar surface area (TPSA) is 67.2 Å². The van der Waals surface area contributed by atoms with E-state index in [1.165, 1.54) is 50.1 Å². The predicted molar refractivity (Wildman–Crippen MR) is 118 cm³/mol. The van der Waals surface area contributed by atoms with Gasteiger partial charge >= 0.3 is 0 Å². The van der Waals surface area contributed by atoms with Crippen LogP contribution >= 0.6 is 11.3 Å². The monoisotopic (exact) mass is 416 g/mol. The second-order valence-corrected chi connectivity index (χ2v) is 9.40. The molecule has 0 aliphatic carbocycles. The summed E-state index contributed by atoms with van der Waals surface area (Å²) in [6.07, 6.45) is 10.3. The molecule has 0 bridgehead atoms. The second-order valence-electron chi connectivity index (χ2n) is 8.40. The van der Waals surface area contributed by atoms with Gasteiger partial charge in [-0.3, -0.25) is 14.2 Å². The molecule has 0 unspecified atom stereocenters. The standard InChI is InChI=1S/C22H32N4O2S/c1-16-18-21(24-17-10-5-4-8-15-26(17)22(18)28)29-19(16)20(27)23-11-9-14-25-12-6-2-3-7-13-25/h2-15H2,1H3,(H,23,27). The highest BCUT2D eigenvalue weighted by atomic mass is 32.1. The summed E-state index contributed by atoms with van der Waals surface area (Å²) in [6.45, 7) is 6.71. The summed E-state index contributed by atoms with van der Waals surface area (Å²) >= 11 is 1.37. The van der Waals surface area contributed by atoms with Crippen molar-refractivity contribution in [2.45, 2.75) is 71.3 Å². The van der Waals surface area contributed by atoms with Gasteiger partial charge in [0.2, 0.25) is 0 Å². The van der Waals surface area contributed by atoms with E-state index >= 15 is 0 Å². The van der Waals surface area contributed by atoms with Crippen LogP contribution in [0.25, 0.3) is 10.2 Å². The van der Waals surface area contributed by atoms with Crippen molar-refractivity contribution in [1.29, 1.82) is 0 Å². The highest BCUT2D eigenvalue weighted by molar-refractivity contribution is 7.20. The molecule has 1 amide bonds. The molecule has 0 radical (unpaired) electrons. The molecular formula is C22H32N4O2S. The first kappa shape index (κ1) is 20.5. The summed E-state index contributed by atoms with van der Waals surface area (Å²) in [7, 11) is 0. The summed E-state index contributed by atoms with van der Waals surface area (Å²) in [5.41, 5.74) is 0.813. The zero-order valence-corrected chi connectivity index (χ0v) is 18.3. The molecule has 2 aromatic heterocycles. The van der Waals surface area contributed by atoms with Crippen LogP contribution in [0.4, 0.5) is 0 Å². The van der Waals surface area contributed by atoms with Gasteiger partial charge in [0.25, 0.3) is 11.5 Å². The fraction of sp³-hybridized carbons (Fsp3) is 0.682. The van der Waals surface area contributed by atoms with E-state index in [1.807, 2.05) is 11.5 Å². The van der Waals surface area contributed by atoms with Crippen LogP contribution < -0.4 is 10.9 Å². The van der Waals surface area contributed by atoms with Gasteiger partial charge in [-0.15, -0.1) is 11.3 Å². The quantitative estimate of drug-likeness (QED) is 0.758. The van der Waals surface area contributed by atoms with Crippen LogP contribution in [-0.2, 0) is 13.0 Å². The SMILES string of the molecule is Cc1c(C(=O)NCCCN2CCCCCC2)sc2nc3n(c(=O)c12)CCCCC3. The maximum atomic E-state index is 13.0. The average molecular weight is 417 g/mol. The molecule has 29 heavy (non-hydrogen) atoms. The van der Waals surface area contributed by atoms with Crippen LogP contribution in [0.5, 0.6) is 0 Å². The van der Waals surface area contributed by atoms with Gasteiger partial charge in [-0.2, -0.15) is 0 Å². The molecular weight excluding hydrogens is 384 g/mol. The van der Waals surface area contributed by atoms with Gasteiger partial charge in [-0.25, -0.2) is 4.98 Å². The Kier molecular flexibility index (Phi) is 6.65. The second kappa shape index (κ2) is 9.39. The molecule has 4 heterocycles. The van der Waals surface area contributed by atoms with Crippen LogP contribution in [0.1, 0.15) is 72.4 Å². The van der Waals surface area contributed by atoms with Crippen molar-refractivity contribution in [3.05, 3.63) is 26.6 Å². The lowest BCUT2D eigenvalue weighted by Crippen LogP contribution is -2.30. The van der Waals surface area contributed by atoms with Gasteiger partial charge in [0.05, 0.1) is 10.3 Å². The number of rotatable bonds is 5. The van der Waals surface area contributed by atoms with Gasteiger partial charge in [-0.1, -0.05) is 19.3 Å². The molecule has 0 spiro atoms. The normalized spacial score (nSPS) is 18.2. The number of carbonyl (C=O) groups excluding carboxylic acids is 1. The molecule has 2 aliphatic heterocycles. The van der Waals surface area contributed by atoms with Crippen LogP contribution in [0.15, 0.2) is 4.79 Å². The van der Waals surface area contributed by atoms with Gasteiger partial charge < -0.3 is 10.2 Å². The summed E-state index contributed by atoms with van der Waals surface area (Å²) in [6, 6.07) is 0. The van der Waals surface area contributed by atoms with Crippen molar-refractivity contribution in [3.63, 3.8) is 0 Å². The number of aromatic nitrogens is 2. The largest absolute Gasteiger partial charge is 0.351 e. The van der Waals surface area contributed by atoms with E-state index < -0.39 is 0 Å². The first-order valence-corrected chi connectivity index (χ1v) is 12.0. The molecule has 0 aromatic carbocycles. The number of likely N-dealkylation sites (tertiary alicyclic amines) is 1. The van der Waals surface area contributed by atoms with Crippen molar-refractivity contribution < 1.29 is 4.79 Å². The molecule has 2 aromatic rings. The third-order valence-electron chi connectivity index (χ3n) is 6.25.